The summed E-state index contributed by atoms with van der Waals surface area (Å²) >= 11 is 2.46. The van der Waals surface area contributed by atoms with Crippen molar-refractivity contribution in [2.45, 2.75) is 19.4 Å². The maximum absolute atomic E-state index is 2.60. The average Bonchev–Trinajstić information content (AvgIpc) is 1.94. The molecule has 12 heavy (non-hydrogen) atoms. The van der Waals surface area contributed by atoms with Crippen LogP contribution in [0.2, 0.25) is 0 Å². The molecule has 0 amide bonds. The van der Waals surface area contributed by atoms with Gasteiger partial charge in [-0.25, -0.2) is 0 Å². The molecule has 0 atom stereocenters. The first kappa shape index (κ1) is 10.7. The lowest BCUT2D eigenvalue weighted by Gasteiger charge is -2.46. The number of piperazine rings is 1. The van der Waals surface area contributed by atoms with Gasteiger partial charge in [-0.2, -0.15) is 0 Å². The van der Waals surface area contributed by atoms with Gasteiger partial charge in [-0.05, 0) is 20.9 Å². The topological polar surface area (TPSA) is 6.48 Å². The van der Waals surface area contributed by atoms with Crippen molar-refractivity contribution in [1.29, 1.82) is 0 Å². The highest BCUT2D eigenvalue weighted by Gasteiger charge is 2.31. The number of likely N-dealkylation sites (N-methyl/N-ethyl adjacent to an activating group) is 1. The van der Waals surface area contributed by atoms with Gasteiger partial charge in [-0.15, -0.1) is 0 Å². The molecule has 0 saturated carbocycles. The normalized spacial score (nSPS) is 26.0. The van der Waals surface area contributed by atoms with Gasteiger partial charge in [-0.1, -0.05) is 22.6 Å². The van der Waals surface area contributed by atoms with E-state index in [1.165, 1.54) is 30.6 Å². The zero-order valence-electron chi connectivity index (χ0n) is 8.31. The van der Waals surface area contributed by atoms with E-state index in [1.54, 1.807) is 0 Å². The predicted molar refractivity (Wildman–Crippen MR) is 62.0 cm³/mol. The van der Waals surface area contributed by atoms with Crippen LogP contribution >= 0.6 is 22.6 Å². The first-order chi connectivity index (χ1) is 5.56. The van der Waals surface area contributed by atoms with Crippen molar-refractivity contribution in [3.05, 3.63) is 0 Å². The highest BCUT2D eigenvalue weighted by molar-refractivity contribution is 14.1. The van der Waals surface area contributed by atoms with E-state index in [-0.39, 0.29) is 0 Å². The number of hydrogen-bond donors (Lipinski definition) is 0. The molecule has 0 spiro atoms. The Kier molecular flexibility index (Phi) is 3.79. The van der Waals surface area contributed by atoms with Crippen LogP contribution in [0.5, 0.6) is 0 Å². The molecule has 0 aromatic rings. The smallest absolute Gasteiger partial charge is 0.0280 e. The number of nitrogens with zero attached hydrogens (tertiary/aromatic N) is 2. The van der Waals surface area contributed by atoms with Crippen molar-refractivity contribution in [3.8, 4) is 0 Å². The zero-order valence-corrected chi connectivity index (χ0v) is 10.5. The quantitative estimate of drug-likeness (QED) is 0.559. The van der Waals surface area contributed by atoms with Crippen molar-refractivity contribution >= 4 is 22.6 Å². The molecule has 0 aromatic carbocycles. The molecular formula is C9H19IN2. The second-order valence-electron chi connectivity index (χ2n) is 4.23. The lowest BCUT2D eigenvalue weighted by atomic mass is 9.99. The van der Waals surface area contributed by atoms with Crippen LogP contribution in [0.15, 0.2) is 0 Å². The number of rotatable bonds is 2. The van der Waals surface area contributed by atoms with E-state index in [0.717, 1.165) is 0 Å². The minimum Gasteiger partial charge on any atom is -0.303 e. The standard InChI is InChI=1S/C9H19IN2/c1-9(2)8-11(3)6-7-12(9)5-4-10/h4-8H2,1-3H3. The monoisotopic (exact) mass is 282 g/mol. The van der Waals surface area contributed by atoms with Gasteiger partial charge in [0.05, 0.1) is 0 Å². The van der Waals surface area contributed by atoms with E-state index in [9.17, 15) is 0 Å². The van der Waals surface area contributed by atoms with Crippen molar-refractivity contribution in [2.24, 2.45) is 0 Å². The Bertz CT molecular complexity index is 147. The van der Waals surface area contributed by atoms with E-state index >= 15 is 0 Å². The summed E-state index contributed by atoms with van der Waals surface area (Å²) in [7, 11) is 2.21. The van der Waals surface area contributed by atoms with Crippen LogP contribution in [0.3, 0.4) is 0 Å². The lowest BCUT2D eigenvalue weighted by molar-refractivity contribution is 0.0377. The van der Waals surface area contributed by atoms with E-state index in [0.29, 0.717) is 5.54 Å². The summed E-state index contributed by atoms with van der Waals surface area (Å²) in [5, 5.41) is 0. The van der Waals surface area contributed by atoms with Crippen LogP contribution in [0, 0.1) is 0 Å². The highest BCUT2D eigenvalue weighted by Crippen LogP contribution is 2.19. The molecule has 1 rings (SSSR count). The fourth-order valence-corrected chi connectivity index (χ4v) is 2.53. The first-order valence-electron chi connectivity index (χ1n) is 4.56. The number of alkyl halides is 1. The van der Waals surface area contributed by atoms with Gasteiger partial charge in [0.1, 0.15) is 0 Å². The van der Waals surface area contributed by atoms with Crippen molar-refractivity contribution in [2.75, 3.05) is 37.7 Å². The molecule has 0 bridgehead atoms. The van der Waals surface area contributed by atoms with Crippen LogP contribution in [-0.4, -0.2) is 53.0 Å². The van der Waals surface area contributed by atoms with E-state index < -0.39 is 0 Å². The fraction of sp³-hybridized carbons (Fsp3) is 1.00. The Labute approximate surface area is 89.4 Å². The molecule has 1 heterocycles. The summed E-state index contributed by atoms with van der Waals surface area (Å²) in [5.74, 6) is 0. The fourth-order valence-electron chi connectivity index (χ4n) is 1.95. The predicted octanol–water partition coefficient (Wildman–Crippen LogP) is 1.45. The molecule has 1 aliphatic heterocycles. The van der Waals surface area contributed by atoms with E-state index in [4.69, 9.17) is 0 Å². The summed E-state index contributed by atoms with van der Waals surface area (Å²) in [6.45, 7) is 9.57. The lowest BCUT2D eigenvalue weighted by Crippen LogP contribution is -2.58. The minimum atomic E-state index is 0.373. The molecular weight excluding hydrogens is 263 g/mol. The van der Waals surface area contributed by atoms with Gasteiger partial charge in [0, 0.05) is 36.1 Å². The third kappa shape index (κ3) is 2.57. The Morgan fingerprint density at radius 1 is 1.33 bits per heavy atom. The molecule has 0 radical (unpaired) electrons. The number of hydrogen-bond acceptors (Lipinski definition) is 2. The molecule has 3 heteroatoms. The van der Waals surface area contributed by atoms with Gasteiger partial charge in [0.25, 0.3) is 0 Å². The summed E-state index contributed by atoms with van der Waals surface area (Å²) < 4.78 is 1.24. The molecule has 0 unspecified atom stereocenters. The largest absolute Gasteiger partial charge is 0.303 e. The second kappa shape index (κ2) is 4.24. The van der Waals surface area contributed by atoms with Gasteiger partial charge in [0.15, 0.2) is 0 Å². The van der Waals surface area contributed by atoms with Crippen LogP contribution in [-0.2, 0) is 0 Å². The maximum atomic E-state index is 2.60. The highest BCUT2D eigenvalue weighted by atomic mass is 127. The van der Waals surface area contributed by atoms with Crippen molar-refractivity contribution in [1.82, 2.24) is 9.80 Å². The molecule has 0 aliphatic carbocycles. The van der Waals surface area contributed by atoms with Gasteiger partial charge in [-0.3, -0.25) is 4.90 Å². The van der Waals surface area contributed by atoms with E-state index in [2.05, 4.69) is 53.3 Å². The molecule has 1 saturated heterocycles. The molecule has 1 fully saturated rings. The molecule has 0 N–H and O–H groups in total. The Morgan fingerprint density at radius 2 is 2.00 bits per heavy atom. The van der Waals surface area contributed by atoms with Crippen LogP contribution in [0.4, 0.5) is 0 Å². The maximum Gasteiger partial charge on any atom is 0.0280 e. The molecule has 2 nitrogen and oxygen atoms in total. The molecule has 0 aromatic heterocycles. The van der Waals surface area contributed by atoms with Crippen molar-refractivity contribution in [3.63, 3.8) is 0 Å². The van der Waals surface area contributed by atoms with Crippen LogP contribution < -0.4 is 0 Å². The summed E-state index contributed by atoms with van der Waals surface area (Å²) in [6, 6.07) is 0. The molecule has 72 valence electrons. The molecule has 1 aliphatic rings. The minimum absolute atomic E-state index is 0.373. The Balaban J connectivity index is 2.51. The summed E-state index contributed by atoms with van der Waals surface area (Å²) in [5.41, 5.74) is 0.373. The van der Waals surface area contributed by atoms with Gasteiger partial charge >= 0.3 is 0 Å². The second-order valence-corrected chi connectivity index (χ2v) is 5.30. The SMILES string of the molecule is CN1CCN(CCI)C(C)(C)C1. The summed E-state index contributed by atoms with van der Waals surface area (Å²) in [4.78, 5) is 5.02. The third-order valence-electron chi connectivity index (χ3n) is 2.62. The first-order valence-corrected chi connectivity index (χ1v) is 6.08. The zero-order chi connectivity index (χ0) is 9.19. The van der Waals surface area contributed by atoms with E-state index in [1.807, 2.05) is 0 Å². The van der Waals surface area contributed by atoms with Crippen LogP contribution in [0.1, 0.15) is 13.8 Å². The van der Waals surface area contributed by atoms with Crippen LogP contribution in [0.25, 0.3) is 0 Å². The van der Waals surface area contributed by atoms with Crippen molar-refractivity contribution < 1.29 is 0 Å². The Hall–Kier alpha value is 0.650. The number of halogens is 1. The van der Waals surface area contributed by atoms with Gasteiger partial charge in [0.2, 0.25) is 0 Å². The average molecular weight is 282 g/mol. The summed E-state index contributed by atoms with van der Waals surface area (Å²) in [6.07, 6.45) is 0. The Morgan fingerprint density at radius 3 is 2.50 bits per heavy atom. The third-order valence-corrected chi connectivity index (χ3v) is 3.10. The van der Waals surface area contributed by atoms with Gasteiger partial charge < -0.3 is 4.90 Å².